The van der Waals surface area contributed by atoms with Crippen molar-refractivity contribution in [2.45, 2.75) is 32.0 Å². The van der Waals surface area contributed by atoms with Crippen molar-refractivity contribution in [3.05, 3.63) is 52.1 Å². The molecule has 0 aliphatic carbocycles. The number of hydrogen-bond acceptors (Lipinski definition) is 5. The molecule has 0 saturated carbocycles. The van der Waals surface area contributed by atoms with Gasteiger partial charge >= 0.3 is 0 Å². The zero-order valence-electron chi connectivity index (χ0n) is 14.9. The highest BCUT2D eigenvalue weighted by molar-refractivity contribution is 7.99. The quantitative estimate of drug-likeness (QED) is 0.517. The molecule has 0 unspecified atom stereocenters. The van der Waals surface area contributed by atoms with E-state index in [1.807, 2.05) is 42.6 Å². The highest BCUT2D eigenvalue weighted by atomic mass is 32.2. The molecule has 1 aromatic carbocycles. The molecule has 2 aromatic heterocycles. The standard InChI is InChI=1S/C19H21N3O2S2/c1-12(2)13(3)20-16(23)11-26-19-21-17-15(9-10-25-17)18(24)22(19)14-7-5-4-6-8-14/h4-10,12-13H,11H2,1-3H3,(H,20,23)/t13-/m0/s1. The van der Waals surface area contributed by atoms with Crippen LogP contribution in [0.4, 0.5) is 0 Å². The Morgan fingerprint density at radius 1 is 1.23 bits per heavy atom. The Hall–Kier alpha value is -2.12. The average molecular weight is 388 g/mol. The van der Waals surface area contributed by atoms with Gasteiger partial charge in [0.2, 0.25) is 5.91 Å². The molecule has 136 valence electrons. The molecular formula is C19H21N3O2S2. The third-order valence-electron chi connectivity index (χ3n) is 4.20. The van der Waals surface area contributed by atoms with Gasteiger partial charge in [0.25, 0.3) is 5.56 Å². The van der Waals surface area contributed by atoms with E-state index in [4.69, 9.17) is 0 Å². The summed E-state index contributed by atoms with van der Waals surface area (Å²) in [7, 11) is 0. The number of thioether (sulfide) groups is 1. The first-order valence-corrected chi connectivity index (χ1v) is 10.3. The smallest absolute Gasteiger partial charge is 0.267 e. The van der Waals surface area contributed by atoms with Crippen molar-refractivity contribution in [2.24, 2.45) is 5.92 Å². The summed E-state index contributed by atoms with van der Waals surface area (Å²) in [6.07, 6.45) is 0. The molecule has 0 aliphatic rings. The fraction of sp³-hybridized carbons (Fsp3) is 0.316. The summed E-state index contributed by atoms with van der Waals surface area (Å²) >= 11 is 2.71. The van der Waals surface area contributed by atoms with E-state index in [1.165, 1.54) is 23.1 Å². The van der Waals surface area contributed by atoms with E-state index in [-0.39, 0.29) is 23.3 Å². The second kappa shape index (κ2) is 8.05. The summed E-state index contributed by atoms with van der Waals surface area (Å²) < 4.78 is 1.58. The Balaban J connectivity index is 1.92. The molecule has 26 heavy (non-hydrogen) atoms. The maximum absolute atomic E-state index is 12.9. The third-order valence-corrected chi connectivity index (χ3v) is 5.95. The predicted molar refractivity (Wildman–Crippen MR) is 108 cm³/mol. The lowest BCUT2D eigenvalue weighted by molar-refractivity contribution is -0.119. The molecule has 7 heteroatoms. The van der Waals surface area contributed by atoms with Gasteiger partial charge in [-0.15, -0.1) is 11.3 Å². The average Bonchev–Trinajstić information content (AvgIpc) is 3.09. The minimum absolute atomic E-state index is 0.0589. The van der Waals surface area contributed by atoms with Gasteiger partial charge in [-0.1, -0.05) is 43.8 Å². The molecule has 3 aromatic rings. The number of rotatable bonds is 6. The molecule has 0 bridgehead atoms. The number of hydrogen-bond donors (Lipinski definition) is 1. The van der Waals surface area contributed by atoms with Crippen molar-refractivity contribution in [3.63, 3.8) is 0 Å². The number of thiophene rings is 1. The van der Waals surface area contributed by atoms with Gasteiger partial charge in [-0.25, -0.2) is 4.98 Å². The van der Waals surface area contributed by atoms with Crippen LogP contribution in [-0.4, -0.2) is 27.3 Å². The molecule has 0 saturated heterocycles. The van der Waals surface area contributed by atoms with Crippen LogP contribution in [0.25, 0.3) is 15.9 Å². The van der Waals surface area contributed by atoms with Crippen LogP contribution in [0.1, 0.15) is 20.8 Å². The summed E-state index contributed by atoms with van der Waals surface area (Å²) in [4.78, 5) is 30.5. The largest absolute Gasteiger partial charge is 0.353 e. The number of nitrogens with one attached hydrogen (secondary N) is 1. The van der Waals surface area contributed by atoms with Crippen LogP contribution in [-0.2, 0) is 4.79 Å². The number of fused-ring (bicyclic) bond motifs is 1. The van der Waals surface area contributed by atoms with E-state index in [1.54, 1.807) is 10.6 Å². The van der Waals surface area contributed by atoms with Crippen molar-refractivity contribution in [1.29, 1.82) is 0 Å². The highest BCUT2D eigenvalue weighted by Gasteiger charge is 2.16. The van der Waals surface area contributed by atoms with E-state index in [0.717, 1.165) is 5.69 Å². The summed E-state index contributed by atoms with van der Waals surface area (Å²) in [5.74, 6) is 0.524. The van der Waals surface area contributed by atoms with Crippen LogP contribution >= 0.6 is 23.1 Å². The molecule has 5 nitrogen and oxygen atoms in total. The van der Waals surface area contributed by atoms with Crippen molar-refractivity contribution in [2.75, 3.05) is 5.75 Å². The molecule has 0 aliphatic heterocycles. The number of aromatic nitrogens is 2. The predicted octanol–water partition coefficient (Wildman–Crippen LogP) is 3.70. The lowest BCUT2D eigenvalue weighted by Gasteiger charge is -2.17. The van der Waals surface area contributed by atoms with Gasteiger partial charge in [-0.2, -0.15) is 0 Å². The van der Waals surface area contributed by atoms with Gasteiger partial charge in [-0.3, -0.25) is 14.2 Å². The summed E-state index contributed by atoms with van der Waals surface area (Å²) in [5, 5.41) is 5.97. The van der Waals surface area contributed by atoms with E-state index in [2.05, 4.69) is 24.1 Å². The van der Waals surface area contributed by atoms with Crippen molar-refractivity contribution < 1.29 is 4.79 Å². The summed E-state index contributed by atoms with van der Waals surface area (Å²) in [6.45, 7) is 6.12. The molecule has 0 fully saturated rings. The zero-order chi connectivity index (χ0) is 18.7. The highest BCUT2D eigenvalue weighted by Crippen LogP contribution is 2.23. The van der Waals surface area contributed by atoms with Crippen molar-refractivity contribution in [1.82, 2.24) is 14.9 Å². The number of carbonyl (C=O) groups excluding carboxylic acids is 1. The number of para-hydroxylation sites is 1. The van der Waals surface area contributed by atoms with Crippen molar-refractivity contribution >= 4 is 39.2 Å². The van der Waals surface area contributed by atoms with Crippen LogP contribution < -0.4 is 10.9 Å². The van der Waals surface area contributed by atoms with Crippen molar-refractivity contribution in [3.8, 4) is 5.69 Å². The van der Waals surface area contributed by atoms with Gasteiger partial charge in [0, 0.05) is 6.04 Å². The Morgan fingerprint density at radius 2 is 1.96 bits per heavy atom. The Kier molecular flexibility index (Phi) is 5.78. The van der Waals surface area contributed by atoms with Crippen LogP contribution in [0, 0.1) is 5.92 Å². The van der Waals surface area contributed by atoms with Crippen LogP contribution in [0.15, 0.2) is 51.7 Å². The van der Waals surface area contributed by atoms with Crippen LogP contribution in [0.3, 0.4) is 0 Å². The maximum atomic E-state index is 12.9. The minimum Gasteiger partial charge on any atom is -0.353 e. The molecule has 3 rings (SSSR count). The molecule has 0 spiro atoms. The second-order valence-corrected chi connectivity index (χ2v) is 8.24. The first kappa shape index (κ1) is 18.7. The third kappa shape index (κ3) is 3.99. The summed E-state index contributed by atoms with van der Waals surface area (Å²) in [5.41, 5.74) is 0.637. The number of amides is 1. The van der Waals surface area contributed by atoms with E-state index in [9.17, 15) is 9.59 Å². The zero-order valence-corrected chi connectivity index (χ0v) is 16.6. The Bertz CT molecular complexity index is 964. The SMILES string of the molecule is CC(C)[C@H](C)NC(=O)CSc1nc2sccc2c(=O)n1-c1ccccc1. The van der Waals surface area contributed by atoms with E-state index >= 15 is 0 Å². The first-order valence-electron chi connectivity index (χ1n) is 8.45. The molecular weight excluding hydrogens is 366 g/mol. The molecule has 1 N–H and O–H groups in total. The van der Waals surface area contributed by atoms with Gasteiger partial charge in [-0.05, 0) is 36.4 Å². The van der Waals surface area contributed by atoms with Gasteiger partial charge in [0.1, 0.15) is 4.83 Å². The fourth-order valence-corrected chi connectivity index (χ4v) is 4.02. The van der Waals surface area contributed by atoms with Gasteiger partial charge in [0.05, 0.1) is 16.8 Å². The van der Waals surface area contributed by atoms with Gasteiger partial charge < -0.3 is 5.32 Å². The first-order chi connectivity index (χ1) is 12.5. The second-order valence-electron chi connectivity index (χ2n) is 6.40. The van der Waals surface area contributed by atoms with E-state index < -0.39 is 0 Å². The normalized spacial score (nSPS) is 12.5. The molecule has 1 amide bonds. The number of carbonyl (C=O) groups is 1. The monoisotopic (exact) mass is 387 g/mol. The van der Waals surface area contributed by atoms with Crippen LogP contribution in [0.2, 0.25) is 0 Å². The van der Waals surface area contributed by atoms with Crippen LogP contribution in [0.5, 0.6) is 0 Å². The number of nitrogens with zero attached hydrogens (tertiary/aromatic N) is 2. The maximum Gasteiger partial charge on any atom is 0.267 e. The molecule has 0 radical (unpaired) electrons. The lowest BCUT2D eigenvalue weighted by atomic mass is 10.1. The molecule has 1 atom stereocenters. The number of benzene rings is 1. The topological polar surface area (TPSA) is 64.0 Å². The molecule has 2 heterocycles. The Morgan fingerprint density at radius 3 is 2.65 bits per heavy atom. The minimum atomic E-state index is -0.110. The lowest BCUT2D eigenvalue weighted by Crippen LogP contribution is -2.37. The Labute approximate surface area is 160 Å². The van der Waals surface area contributed by atoms with E-state index in [0.29, 0.717) is 21.3 Å². The summed E-state index contributed by atoms with van der Waals surface area (Å²) in [6, 6.07) is 11.3. The fourth-order valence-electron chi connectivity index (χ4n) is 2.39. The van der Waals surface area contributed by atoms with Gasteiger partial charge in [0.15, 0.2) is 5.16 Å².